The number of nitrogens with zero attached hydrogens (tertiary/aromatic N) is 3. The molecule has 112 valence electrons. The maximum Gasteiger partial charge on any atom is 0.325 e. The summed E-state index contributed by atoms with van der Waals surface area (Å²) in [5, 5.41) is 0. The predicted octanol–water partition coefficient (Wildman–Crippen LogP) is 2.69. The third kappa shape index (κ3) is 4.79. The van der Waals surface area contributed by atoms with Crippen LogP contribution in [0.1, 0.15) is 51.6 Å². The van der Waals surface area contributed by atoms with E-state index >= 15 is 0 Å². The Morgan fingerprint density at radius 3 is 2.60 bits per heavy atom. The second-order valence-corrected chi connectivity index (χ2v) is 5.11. The van der Waals surface area contributed by atoms with Gasteiger partial charge in [0.2, 0.25) is 0 Å². The van der Waals surface area contributed by atoms with E-state index < -0.39 is 0 Å². The van der Waals surface area contributed by atoms with Crippen LogP contribution in [-0.4, -0.2) is 35.6 Å². The number of hydrogen-bond acceptors (Lipinski definition) is 5. The Hall–Kier alpha value is -1.65. The fraction of sp³-hybridized carbons (Fsp3) is 0.667. The molecule has 1 rings (SSSR count). The van der Waals surface area contributed by atoms with Crippen LogP contribution in [0, 0.1) is 6.92 Å². The van der Waals surface area contributed by atoms with Crippen LogP contribution >= 0.6 is 0 Å². The van der Waals surface area contributed by atoms with Crippen LogP contribution in [-0.2, 0) is 9.53 Å². The molecular weight excluding hydrogens is 254 g/mol. The van der Waals surface area contributed by atoms with Crippen molar-refractivity contribution in [2.24, 2.45) is 0 Å². The van der Waals surface area contributed by atoms with Crippen molar-refractivity contribution in [3.05, 3.63) is 17.6 Å². The molecule has 0 spiro atoms. The van der Waals surface area contributed by atoms with Crippen LogP contribution in [0.5, 0.6) is 0 Å². The fourth-order valence-electron chi connectivity index (χ4n) is 1.90. The third-order valence-corrected chi connectivity index (χ3v) is 2.82. The molecule has 5 heteroatoms. The van der Waals surface area contributed by atoms with Crippen molar-refractivity contribution in [1.29, 1.82) is 0 Å². The molecule has 0 aliphatic heterocycles. The molecule has 0 aromatic carbocycles. The zero-order valence-electron chi connectivity index (χ0n) is 13.1. The zero-order valence-corrected chi connectivity index (χ0v) is 13.1. The van der Waals surface area contributed by atoms with Crippen molar-refractivity contribution in [2.75, 3.05) is 24.6 Å². The summed E-state index contributed by atoms with van der Waals surface area (Å²) < 4.78 is 5.02. The smallest absolute Gasteiger partial charge is 0.325 e. The quantitative estimate of drug-likeness (QED) is 0.718. The highest BCUT2D eigenvalue weighted by molar-refractivity contribution is 5.75. The molecule has 20 heavy (non-hydrogen) atoms. The second-order valence-electron chi connectivity index (χ2n) is 5.11. The molecule has 1 aromatic heterocycles. The number of carbonyl (C=O) groups excluding carboxylic acids is 1. The lowest BCUT2D eigenvalue weighted by molar-refractivity contribution is -0.141. The van der Waals surface area contributed by atoms with Gasteiger partial charge in [-0.25, -0.2) is 9.97 Å². The van der Waals surface area contributed by atoms with Gasteiger partial charge in [-0.3, -0.25) is 4.79 Å². The Labute approximate surface area is 121 Å². The minimum absolute atomic E-state index is 0.219. The first-order valence-electron chi connectivity index (χ1n) is 7.24. The summed E-state index contributed by atoms with van der Waals surface area (Å²) in [6, 6.07) is 1.92. The first-order valence-corrected chi connectivity index (χ1v) is 7.24. The van der Waals surface area contributed by atoms with Gasteiger partial charge in [0.1, 0.15) is 18.2 Å². The Morgan fingerprint density at radius 1 is 1.35 bits per heavy atom. The first kappa shape index (κ1) is 16.4. The lowest BCUT2D eigenvalue weighted by Gasteiger charge is -2.23. The Balaban J connectivity index is 2.98. The molecular formula is C15H25N3O2. The minimum Gasteiger partial charge on any atom is -0.465 e. The van der Waals surface area contributed by atoms with E-state index in [1.165, 1.54) is 0 Å². The number of esters is 1. The predicted molar refractivity (Wildman–Crippen MR) is 80.0 cm³/mol. The third-order valence-electron chi connectivity index (χ3n) is 2.82. The van der Waals surface area contributed by atoms with E-state index in [9.17, 15) is 4.79 Å². The van der Waals surface area contributed by atoms with Gasteiger partial charge in [-0.15, -0.1) is 0 Å². The van der Waals surface area contributed by atoms with Crippen molar-refractivity contribution >= 4 is 11.8 Å². The van der Waals surface area contributed by atoms with Crippen LogP contribution in [0.2, 0.25) is 0 Å². The molecule has 0 aliphatic carbocycles. The molecule has 0 saturated carbocycles. The van der Waals surface area contributed by atoms with Crippen LogP contribution < -0.4 is 4.90 Å². The largest absolute Gasteiger partial charge is 0.465 e. The number of hydrogen-bond donors (Lipinski definition) is 0. The summed E-state index contributed by atoms with van der Waals surface area (Å²) in [6.07, 6.45) is 0.944. The summed E-state index contributed by atoms with van der Waals surface area (Å²) in [5.74, 6) is 1.66. The van der Waals surface area contributed by atoms with Crippen LogP contribution in [0.3, 0.4) is 0 Å². The number of ether oxygens (including phenoxy) is 1. The van der Waals surface area contributed by atoms with Crippen molar-refractivity contribution in [2.45, 2.75) is 47.0 Å². The molecule has 1 aromatic rings. The monoisotopic (exact) mass is 279 g/mol. The zero-order chi connectivity index (χ0) is 15.1. The fourth-order valence-corrected chi connectivity index (χ4v) is 1.90. The van der Waals surface area contributed by atoms with Crippen LogP contribution in [0.4, 0.5) is 5.82 Å². The standard InChI is InChI=1S/C15H25N3O2/c1-6-8-18(10-14(19)20-7-2)13-9-12(5)16-15(17-13)11(3)4/h9,11H,6-8,10H2,1-5H3. The minimum atomic E-state index is -0.219. The van der Waals surface area contributed by atoms with Gasteiger partial charge in [-0.05, 0) is 20.3 Å². The summed E-state index contributed by atoms with van der Waals surface area (Å²) >= 11 is 0. The molecule has 0 radical (unpaired) electrons. The van der Waals surface area contributed by atoms with Crippen molar-refractivity contribution in [1.82, 2.24) is 9.97 Å². The van der Waals surface area contributed by atoms with E-state index in [0.29, 0.717) is 6.61 Å². The summed E-state index contributed by atoms with van der Waals surface area (Å²) in [5.41, 5.74) is 0.920. The molecule has 5 nitrogen and oxygen atoms in total. The van der Waals surface area contributed by atoms with Gasteiger partial charge in [0, 0.05) is 24.2 Å². The summed E-state index contributed by atoms with van der Waals surface area (Å²) in [7, 11) is 0. The second kappa shape index (κ2) is 7.82. The molecule has 1 heterocycles. The number of aryl methyl sites for hydroxylation is 1. The van der Waals surface area contributed by atoms with Gasteiger partial charge >= 0.3 is 5.97 Å². The summed E-state index contributed by atoms with van der Waals surface area (Å²) in [6.45, 7) is 11.4. The van der Waals surface area contributed by atoms with E-state index in [4.69, 9.17) is 4.74 Å². The lowest BCUT2D eigenvalue weighted by atomic mass is 10.2. The van der Waals surface area contributed by atoms with Gasteiger partial charge in [-0.2, -0.15) is 0 Å². The van der Waals surface area contributed by atoms with E-state index in [1.807, 2.05) is 24.8 Å². The van der Waals surface area contributed by atoms with Gasteiger partial charge in [-0.1, -0.05) is 20.8 Å². The van der Waals surface area contributed by atoms with Crippen molar-refractivity contribution in [3.63, 3.8) is 0 Å². The topological polar surface area (TPSA) is 55.3 Å². The first-order chi connectivity index (χ1) is 9.47. The van der Waals surface area contributed by atoms with E-state index in [0.717, 1.165) is 30.3 Å². The number of carbonyl (C=O) groups is 1. The van der Waals surface area contributed by atoms with Gasteiger partial charge < -0.3 is 9.64 Å². The van der Waals surface area contributed by atoms with Crippen LogP contribution in [0.25, 0.3) is 0 Å². The molecule has 0 bridgehead atoms. The highest BCUT2D eigenvalue weighted by Crippen LogP contribution is 2.17. The molecule has 0 saturated heterocycles. The average Bonchev–Trinajstić information content (AvgIpc) is 2.37. The molecule has 0 unspecified atom stereocenters. The molecule has 0 amide bonds. The Kier molecular flexibility index (Phi) is 6.42. The summed E-state index contributed by atoms with van der Waals surface area (Å²) in [4.78, 5) is 22.7. The Bertz CT molecular complexity index is 447. The molecule has 0 aliphatic rings. The normalized spacial score (nSPS) is 10.7. The number of anilines is 1. The highest BCUT2D eigenvalue weighted by Gasteiger charge is 2.15. The number of rotatable bonds is 7. The maximum absolute atomic E-state index is 11.7. The van der Waals surface area contributed by atoms with Crippen LogP contribution in [0.15, 0.2) is 6.07 Å². The van der Waals surface area contributed by atoms with Crippen molar-refractivity contribution < 1.29 is 9.53 Å². The SMILES string of the molecule is CCCN(CC(=O)OCC)c1cc(C)nc(C(C)C)n1. The van der Waals surface area contributed by atoms with E-state index in [1.54, 1.807) is 0 Å². The highest BCUT2D eigenvalue weighted by atomic mass is 16.5. The van der Waals surface area contributed by atoms with Gasteiger partial charge in [0.25, 0.3) is 0 Å². The molecule has 0 N–H and O–H groups in total. The van der Waals surface area contributed by atoms with Crippen molar-refractivity contribution in [3.8, 4) is 0 Å². The maximum atomic E-state index is 11.7. The van der Waals surface area contributed by atoms with E-state index in [-0.39, 0.29) is 18.4 Å². The Morgan fingerprint density at radius 2 is 2.05 bits per heavy atom. The molecule has 0 atom stereocenters. The molecule has 0 fully saturated rings. The average molecular weight is 279 g/mol. The lowest BCUT2D eigenvalue weighted by Crippen LogP contribution is -2.32. The number of aromatic nitrogens is 2. The van der Waals surface area contributed by atoms with E-state index in [2.05, 4.69) is 30.7 Å². The van der Waals surface area contributed by atoms with Gasteiger partial charge in [0.05, 0.1) is 6.61 Å². The van der Waals surface area contributed by atoms with Gasteiger partial charge in [0.15, 0.2) is 0 Å².